The van der Waals surface area contributed by atoms with Crippen LogP contribution in [0.2, 0.25) is 0 Å². The van der Waals surface area contributed by atoms with E-state index in [-0.39, 0.29) is 18.6 Å². The number of halogens is 2. The van der Waals surface area contributed by atoms with Crippen LogP contribution in [-0.4, -0.2) is 23.6 Å². The van der Waals surface area contributed by atoms with E-state index in [1.807, 2.05) is 0 Å². The lowest BCUT2D eigenvalue weighted by Gasteiger charge is -2.34. The fourth-order valence-electron chi connectivity index (χ4n) is 1.95. The maximum Gasteiger partial charge on any atom is 0.380 e. The van der Waals surface area contributed by atoms with E-state index >= 15 is 0 Å². The number of aliphatic hydroxyl groups is 1. The molecule has 1 atom stereocenters. The fourth-order valence-corrected chi connectivity index (χ4v) is 1.95. The SMILES string of the molecule is CCCC(O)(c1ccccc1)C(F)(F)C(=O)OCC. The van der Waals surface area contributed by atoms with E-state index in [0.717, 1.165) is 0 Å². The molecule has 5 heteroatoms. The second kappa shape index (κ2) is 6.10. The van der Waals surface area contributed by atoms with Crippen molar-refractivity contribution in [3.63, 3.8) is 0 Å². The normalized spacial score (nSPS) is 14.8. The summed E-state index contributed by atoms with van der Waals surface area (Å²) >= 11 is 0. The highest BCUT2D eigenvalue weighted by Crippen LogP contribution is 2.42. The van der Waals surface area contributed by atoms with Crippen molar-refractivity contribution in [2.24, 2.45) is 0 Å². The number of benzene rings is 1. The smallest absolute Gasteiger partial charge is 0.380 e. The number of ether oxygens (including phenoxy) is 1. The summed E-state index contributed by atoms with van der Waals surface area (Å²) < 4.78 is 32.8. The van der Waals surface area contributed by atoms with Crippen LogP contribution in [0.1, 0.15) is 32.3 Å². The Morgan fingerprint density at radius 3 is 2.32 bits per heavy atom. The van der Waals surface area contributed by atoms with Crippen LogP contribution in [0.3, 0.4) is 0 Å². The molecule has 0 heterocycles. The van der Waals surface area contributed by atoms with Crippen molar-refractivity contribution in [3.8, 4) is 0 Å². The van der Waals surface area contributed by atoms with Gasteiger partial charge in [-0.15, -0.1) is 0 Å². The van der Waals surface area contributed by atoms with Crippen molar-refractivity contribution in [1.82, 2.24) is 0 Å². The molecule has 0 saturated carbocycles. The minimum Gasteiger partial charge on any atom is -0.461 e. The van der Waals surface area contributed by atoms with Crippen molar-refractivity contribution >= 4 is 5.97 Å². The van der Waals surface area contributed by atoms with E-state index in [9.17, 15) is 18.7 Å². The van der Waals surface area contributed by atoms with Crippen molar-refractivity contribution < 1.29 is 23.4 Å². The third-order valence-electron chi connectivity index (χ3n) is 2.91. The molecule has 0 bridgehead atoms. The van der Waals surface area contributed by atoms with Crippen LogP contribution in [0.15, 0.2) is 30.3 Å². The van der Waals surface area contributed by atoms with Crippen molar-refractivity contribution in [3.05, 3.63) is 35.9 Å². The van der Waals surface area contributed by atoms with Gasteiger partial charge in [-0.05, 0) is 18.9 Å². The third kappa shape index (κ3) is 2.92. The quantitative estimate of drug-likeness (QED) is 0.810. The van der Waals surface area contributed by atoms with Crippen LogP contribution in [0.25, 0.3) is 0 Å². The summed E-state index contributed by atoms with van der Waals surface area (Å²) in [6.07, 6.45) is 0.0726. The number of rotatable bonds is 6. The van der Waals surface area contributed by atoms with E-state index in [1.165, 1.54) is 31.2 Å². The van der Waals surface area contributed by atoms with Crippen LogP contribution in [0.5, 0.6) is 0 Å². The van der Waals surface area contributed by atoms with Crippen molar-refractivity contribution in [1.29, 1.82) is 0 Å². The predicted octanol–water partition coefficient (Wildman–Crippen LogP) is 2.87. The highest BCUT2D eigenvalue weighted by atomic mass is 19.3. The van der Waals surface area contributed by atoms with Crippen LogP contribution >= 0.6 is 0 Å². The molecule has 3 nitrogen and oxygen atoms in total. The lowest BCUT2D eigenvalue weighted by Crippen LogP contribution is -2.51. The number of hydrogen-bond donors (Lipinski definition) is 1. The van der Waals surface area contributed by atoms with Gasteiger partial charge < -0.3 is 9.84 Å². The zero-order valence-electron chi connectivity index (χ0n) is 11.0. The Hall–Kier alpha value is -1.49. The molecule has 0 aliphatic rings. The number of carbonyl (C=O) groups is 1. The van der Waals surface area contributed by atoms with Gasteiger partial charge in [-0.2, -0.15) is 8.78 Å². The van der Waals surface area contributed by atoms with E-state index < -0.39 is 17.5 Å². The Morgan fingerprint density at radius 2 is 1.84 bits per heavy atom. The third-order valence-corrected chi connectivity index (χ3v) is 2.91. The molecule has 0 aliphatic carbocycles. The lowest BCUT2D eigenvalue weighted by molar-refractivity contribution is -0.219. The van der Waals surface area contributed by atoms with E-state index in [4.69, 9.17) is 0 Å². The average Bonchev–Trinajstić information content (AvgIpc) is 2.40. The summed E-state index contributed by atoms with van der Waals surface area (Å²) in [6.45, 7) is 2.94. The predicted molar refractivity (Wildman–Crippen MR) is 66.8 cm³/mol. The Morgan fingerprint density at radius 1 is 1.26 bits per heavy atom. The molecule has 0 aliphatic heterocycles. The molecule has 0 spiro atoms. The molecule has 0 amide bonds. The highest BCUT2D eigenvalue weighted by molar-refractivity contribution is 5.79. The summed E-state index contributed by atoms with van der Waals surface area (Å²) in [5, 5.41) is 10.4. The first-order chi connectivity index (χ1) is 8.90. The molecule has 1 unspecified atom stereocenters. The Kier molecular flexibility index (Phi) is 5.00. The molecular weight excluding hydrogens is 254 g/mol. The summed E-state index contributed by atoms with van der Waals surface area (Å²) in [5.41, 5.74) is -2.54. The topological polar surface area (TPSA) is 46.5 Å². The van der Waals surface area contributed by atoms with E-state index in [1.54, 1.807) is 13.0 Å². The van der Waals surface area contributed by atoms with Gasteiger partial charge in [0.05, 0.1) is 6.61 Å². The Balaban J connectivity index is 3.22. The molecule has 1 N–H and O–H groups in total. The van der Waals surface area contributed by atoms with Gasteiger partial charge in [0.1, 0.15) is 0 Å². The van der Waals surface area contributed by atoms with Crippen LogP contribution in [0.4, 0.5) is 8.78 Å². The Bertz CT molecular complexity index is 420. The average molecular weight is 272 g/mol. The number of carbonyl (C=O) groups excluding carboxylic acids is 1. The largest absolute Gasteiger partial charge is 0.461 e. The zero-order chi connectivity index (χ0) is 14.5. The van der Waals surface area contributed by atoms with Gasteiger partial charge in [0.15, 0.2) is 5.60 Å². The molecule has 1 aromatic carbocycles. The molecule has 0 aromatic heterocycles. The Labute approximate surface area is 111 Å². The highest BCUT2D eigenvalue weighted by Gasteiger charge is 2.59. The maximum absolute atomic E-state index is 14.2. The summed E-state index contributed by atoms with van der Waals surface area (Å²) in [5.74, 6) is -5.68. The van der Waals surface area contributed by atoms with E-state index in [0.29, 0.717) is 6.42 Å². The second-order valence-electron chi connectivity index (χ2n) is 4.27. The van der Waals surface area contributed by atoms with Gasteiger partial charge in [0.2, 0.25) is 0 Å². The lowest BCUT2D eigenvalue weighted by atomic mass is 9.83. The van der Waals surface area contributed by atoms with Crippen LogP contribution < -0.4 is 0 Å². The fraction of sp³-hybridized carbons (Fsp3) is 0.500. The van der Waals surface area contributed by atoms with Gasteiger partial charge in [-0.3, -0.25) is 0 Å². The number of esters is 1. The second-order valence-corrected chi connectivity index (χ2v) is 4.27. The van der Waals surface area contributed by atoms with Crippen LogP contribution in [0, 0.1) is 0 Å². The summed E-state index contributed by atoms with van der Waals surface area (Å²) in [7, 11) is 0. The minimum absolute atomic E-state index is 0.00917. The monoisotopic (exact) mass is 272 g/mol. The maximum atomic E-state index is 14.2. The van der Waals surface area contributed by atoms with Gasteiger partial charge in [-0.25, -0.2) is 4.79 Å². The van der Waals surface area contributed by atoms with E-state index in [2.05, 4.69) is 4.74 Å². The first-order valence-electron chi connectivity index (χ1n) is 6.23. The van der Waals surface area contributed by atoms with Gasteiger partial charge in [-0.1, -0.05) is 43.7 Å². The molecule has 1 rings (SSSR count). The molecule has 0 radical (unpaired) electrons. The molecule has 1 aromatic rings. The van der Waals surface area contributed by atoms with Gasteiger partial charge >= 0.3 is 11.9 Å². The van der Waals surface area contributed by atoms with Gasteiger partial charge in [0.25, 0.3) is 0 Å². The summed E-state index contributed by atoms with van der Waals surface area (Å²) in [4.78, 5) is 11.4. The standard InChI is InChI=1S/C14H18F2O3/c1-3-10-13(18,11-8-6-5-7-9-11)14(15,16)12(17)19-4-2/h5-9,18H,3-4,10H2,1-2H3. The number of alkyl halides is 2. The molecule has 106 valence electrons. The molecule has 0 saturated heterocycles. The minimum atomic E-state index is -3.99. The number of hydrogen-bond acceptors (Lipinski definition) is 3. The summed E-state index contributed by atoms with van der Waals surface area (Å²) in [6, 6.07) is 7.48. The molecular formula is C14H18F2O3. The first kappa shape index (κ1) is 15.6. The van der Waals surface area contributed by atoms with Crippen LogP contribution in [-0.2, 0) is 15.1 Å². The molecule has 0 fully saturated rings. The zero-order valence-corrected chi connectivity index (χ0v) is 11.0. The first-order valence-corrected chi connectivity index (χ1v) is 6.23. The van der Waals surface area contributed by atoms with Crippen molar-refractivity contribution in [2.75, 3.05) is 6.61 Å². The van der Waals surface area contributed by atoms with Gasteiger partial charge in [0, 0.05) is 0 Å². The van der Waals surface area contributed by atoms with Crippen molar-refractivity contribution in [2.45, 2.75) is 38.2 Å². The molecule has 19 heavy (non-hydrogen) atoms.